The van der Waals surface area contributed by atoms with Crippen LogP contribution in [-0.2, 0) is 25.7 Å². The van der Waals surface area contributed by atoms with Gasteiger partial charge < -0.3 is 45.4 Å². The number of nitrogens with zero attached hydrogens (tertiary/aromatic N) is 2. The minimum atomic E-state index is -0.934. The van der Waals surface area contributed by atoms with Crippen LogP contribution in [0.1, 0.15) is 55.8 Å². The number of unbranched alkanes of at least 4 members (excludes halogenated alkanes) is 1. The largest absolute Gasteiger partial charge is 0.506 e. The summed E-state index contributed by atoms with van der Waals surface area (Å²) >= 11 is 0. The number of anilines is 3. The molecule has 1 unspecified atom stereocenters. The van der Waals surface area contributed by atoms with Gasteiger partial charge in [-0.1, -0.05) is 60.7 Å². The Balaban J connectivity index is 0.734. The number of benzene rings is 4. The average Bonchev–Trinajstić information content (AvgIpc) is 3.81. The molecule has 316 valence electrons. The van der Waals surface area contributed by atoms with Gasteiger partial charge >= 0.3 is 6.09 Å². The minimum Gasteiger partial charge on any atom is -0.506 e. The molecular weight excluding hydrogens is 765 g/mol. The molecule has 0 spiro atoms. The molecule has 4 amide bonds. The molecule has 2 fully saturated rings. The van der Waals surface area contributed by atoms with Crippen molar-refractivity contribution in [2.75, 3.05) is 62.3 Å². The van der Waals surface area contributed by atoms with Crippen LogP contribution in [0.4, 0.5) is 21.9 Å². The first kappa shape index (κ1) is 42.2. The van der Waals surface area contributed by atoms with Crippen molar-refractivity contribution in [1.82, 2.24) is 15.1 Å². The Morgan fingerprint density at radius 3 is 2.42 bits per heavy atom. The van der Waals surface area contributed by atoms with Crippen molar-refractivity contribution in [3.8, 4) is 22.6 Å². The monoisotopic (exact) mass is 818 g/mol. The molecule has 4 aromatic carbocycles. The van der Waals surface area contributed by atoms with Gasteiger partial charge in [0.05, 0.1) is 11.8 Å². The van der Waals surface area contributed by atoms with E-state index in [0.717, 1.165) is 54.7 Å². The summed E-state index contributed by atoms with van der Waals surface area (Å²) in [6.45, 7) is 3.59. The van der Waals surface area contributed by atoms with Crippen molar-refractivity contribution in [3.63, 3.8) is 0 Å². The lowest BCUT2D eigenvalue weighted by molar-refractivity contribution is -0.130. The van der Waals surface area contributed by atoms with Gasteiger partial charge in [-0.3, -0.25) is 19.7 Å². The van der Waals surface area contributed by atoms with E-state index < -0.39 is 12.2 Å². The van der Waals surface area contributed by atoms with E-state index in [4.69, 9.17) is 9.47 Å². The normalized spacial score (nSPS) is 18.7. The number of hydrogen-bond acceptors (Lipinski definition) is 10. The van der Waals surface area contributed by atoms with Gasteiger partial charge in [-0.15, -0.1) is 0 Å². The summed E-state index contributed by atoms with van der Waals surface area (Å²) in [7, 11) is 1.82. The molecule has 3 aliphatic rings. The third kappa shape index (κ3) is 11.0. The van der Waals surface area contributed by atoms with Gasteiger partial charge in [0.15, 0.2) is 12.4 Å². The number of aliphatic hydroxyl groups excluding tert-OH is 1. The van der Waals surface area contributed by atoms with E-state index in [-0.39, 0.29) is 54.2 Å². The summed E-state index contributed by atoms with van der Waals surface area (Å²) in [5, 5.41) is 32.5. The highest BCUT2D eigenvalue weighted by molar-refractivity contribution is 5.97. The first-order valence-electron chi connectivity index (χ1n) is 20.7. The van der Waals surface area contributed by atoms with E-state index in [2.05, 4.69) is 26.2 Å². The molecule has 7 rings (SSSR count). The van der Waals surface area contributed by atoms with Crippen molar-refractivity contribution < 1.29 is 38.9 Å². The topological polar surface area (TPSA) is 182 Å². The molecule has 14 heteroatoms. The summed E-state index contributed by atoms with van der Waals surface area (Å²) in [6.07, 6.45) is 2.36. The van der Waals surface area contributed by atoms with Gasteiger partial charge in [0.2, 0.25) is 11.8 Å². The second-order valence-corrected chi connectivity index (χ2v) is 15.9. The number of nitrogens with one attached hydrogen (secondary N) is 4. The van der Waals surface area contributed by atoms with Crippen molar-refractivity contribution >= 4 is 40.9 Å². The first-order valence-corrected chi connectivity index (χ1v) is 20.7. The Morgan fingerprint density at radius 1 is 0.917 bits per heavy atom. The number of fused-ring (bicyclic) bond motifs is 2. The van der Waals surface area contributed by atoms with Gasteiger partial charge in [0.25, 0.3) is 5.91 Å². The van der Waals surface area contributed by atoms with E-state index in [1.165, 1.54) is 6.07 Å². The number of carbonyl (C=O) groups is 4. The molecule has 4 atom stereocenters. The molecule has 60 heavy (non-hydrogen) atoms. The standard InChI is InChI=1S/C46H54N6O8/c1-51(43(57)20-22-52-27-32-23-35(24-33(32)28-52)60-46(58)49-38-12-6-5-11-36(38)31-9-3-2-4-10-31)21-8-7-13-41(55)48-34-16-14-30(15-17-34)25-47-26-40(54)37-18-19-39(53)44-45(37)59-29-42(56)50-44/h2-6,9-12,14-19,32-33,35,40,47,53-54H,7-8,13,20-29H2,1H3,(H,48,55)(H,49,58)(H,50,56)/t32-,33?,35+,40+/m1/s1. The van der Waals surface area contributed by atoms with Crippen molar-refractivity contribution in [2.24, 2.45) is 11.8 Å². The Labute approximate surface area is 350 Å². The molecule has 1 saturated carbocycles. The Bertz CT molecular complexity index is 2120. The van der Waals surface area contributed by atoms with Crippen molar-refractivity contribution in [1.29, 1.82) is 0 Å². The summed E-state index contributed by atoms with van der Waals surface area (Å²) in [4.78, 5) is 54.2. The van der Waals surface area contributed by atoms with Crippen LogP contribution >= 0.6 is 0 Å². The first-order chi connectivity index (χ1) is 29.1. The number of likely N-dealkylation sites (tertiary alicyclic amines) is 1. The summed E-state index contributed by atoms with van der Waals surface area (Å²) in [5.74, 6) is 0.666. The predicted octanol–water partition coefficient (Wildman–Crippen LogP) is 6.13. The Kier molecular flexibility index (Phi) is 14.0. The smallest absolute Gasteiger partial charge is 0.411 e. The summed E-state index contributed by atoms with van der Waals surface area (Å²) < 4.78 is 11.3. The molecule has 4 aromatic rings. The molecule has 14 nitrogen and oxygen atoms in total. The van der Waals surface area contributed by atoms with Crippen LogP contribution in [0.25, 0.3) is 11.1 Å². The van der Waals surface area contributed by atoms with E-state index in [1.54, 1.807) is 11.0 Å². The van der Waals surface area contributed by atoms with Gasteiger partial charge in [0.1, 0.15) is 17.5 Å². The van der Waals surface area contributed by atoms with Crippen LogP contribution in [0.5, 0.6) is 11.5 Å². The van der Waals surface area contributed by atoms with E-state index in [9.17, 15) is 29.4 Å². The summed E-state index contributed by atoms with van der Waals surface area (Å²) in [5.41, 5.74) is 4.96. The lowest BCUT2D eigenvalue weighted by atomic mass is 10.0. The van der Waals surface area contributed by atoms with Gasteiger partial charge in [-0.05, 0) is 79.0 Å². The highest BCUT2D eigenvalue weighted by atomic mass is 16.6. The third-order valence-corrected chi connectivity index (χ3v) is 11.6. The van der Waals surface area contributed by atoms with E-state index >= 15 is 0 Å². The number of para-hydroxylation sites is 1. The number of phenols is 1. The number of rotatable bonds is 17. The molecule has 2 heterocycles. The molecule has 1 saturated heterocycles. The maximum atomic E-state index is 12.9. The quantitative estimate of drug-likeness (QED) is 0.0536. The average molecular weight is 819 g/mol. The van der Waals surface area contributed by atoms with Crippen LogP contribution in [0.2, 0.25) is 0 Å². The highest BCUT2D eigenvalue weighted by Gasteiger charge is 2.42. The number of amides is 4. The second-order valence-electron chi connectivity index (χ2n) is 15.9. The fourth-order valence-electron chi connectivity index (χ4n) is 8.41. The zero-order valence-corrected chi connectivity index (χ0v) is 33.9. The number of carbonyl (C=O) groups excluding carboxylic acids is 4. The van der Waals surface area contributed by atoms with Gasteiger partial charge in [-0.2, -0.15) is 0 Å². The van der Waals surface area contributed by atoms with Crippen LogP contribution in [0.3, 0.4) is 0 Å². The third-order valence-electron chi connectivity index (χ3n) is 11.6. The SMILES string of the molecule is CN(CCCCC(=O)Nc1ccc(CNC[C@H](O)c2ccc(O)c3c2OCC(=O)N3)cc1)C(=O)CCN1CC2C[C@@H](OC(=O)Nc3ccccc3-c3ccccc3)C[C@@H]2C1. The molecule has 0 bridgehead atoms. The molecule has 1 aliphatic carbocycles. The van der Waals surface area contributed by atoms with Crippen LogP contribution < -0.4 is 26.0 Å². The number of ether oxygens (including phenoxy) is 2. The number of aliphatic hydroxyl groups is 1. The van der Waals surface area contributed by atoms with Gasteiger partial charge in [-0.25, -0.2) is 4.79 Å². The zero-order chi connectivity index (χ0) is 42.0. The predicted molar refractivity (Wildman–Crippen MR) is 228 cm³/mol. The van der Waals surface area contributed by atoms with Crippen molar-refractivity contribution in [2.45, 2.75) is 57.3 Å². The molecule has 6 N–H and O–H groups in total. The van der Waals surface area contributed by atoms with Crippen molar-refractivity contribution in [3.05, 3.63) is 102 Å². The summed E-state index contributed by atoms with van der Waals surface area (Å²) in [6, 6.07) is 28.1. The minimum absolute atomic E-state index is 0.0881. The molecular formula is C46H54N6O8. The van der Waals surface area contributed by atoms with Crippen LogP contribution in [0.15, 0.2) is 91.0 Å². The molecule has 0 radical (unpaired) electrons. The Morgan fingerprint density at radius 2 is 1.65 bits per heavy atom. The van der Waals surface area contributed by atoms with Gasteiger partial charge in [0, 0.05) is 76.0 Å². The fraction of sp³-hybridized carbons (Fsp3) is 0.391. The lowest BCUT2D eigenvalue weighted by Gasteiger charge is -2.24. The van der Waals surface area contributed by atoms with Crippen LogP contribution in [0, 0.1) is 11.8 Å². The fourth-order valence-corrected chi connectivity index (χ4v) is 8.41. The molecule has 0 aromatic heterocycles. The lowest BCUT2D eigenvalue weighted by Crippen LogP contribution is -2.33. The maximum absolute atomic E-state index is 12.9. The number of phenolic OH excluding ortho intramolecular Hbond substituents is 1. The van der Waals surface area contributed by atoms with E-state index in [1.807, 2.05) is 85.9 Å². The highest BCUT2D eigenvalue weighted by Crippen LogP contribution is 2.42. The second kappa shape index (κ2) is 19.9. The molecule has 2 aliphatic heterocycles. The van der Waals surface area contributed by atoms with E-state index in [0.29, 0.717) is 62.0 Å². The number of hydrogen-bond donors (Lipinski definition) is 6. The zero-order valence-electron chi connectivity index (χ0n) is 33.9. The number of aromatic hydroxyl groups is 1. The maximum Gasteiger partial charge on any atom is 0.411 e. The Hall–Kier alpha value is -5.96. The van der Waals surface area contributed by atoms with Crippen LogP contribution in [-0.4, -0.2) is 96.3 Å².